The van der Waals surface area contributed by atoms with Gasteiger partial charge in [0.25, 0.3) is 0 Å². The highest BCUT2D eigenvalue weighted by atomic mass is 16.6. The zero-order valence-electron chi connectivity index (χ0n) is 9.06. The molecule has 0 spiro atoms. The molecule has 1 saturated heterocycles. The fourth-order valence-corrected chi connectivity index (χ4v) is 1.78. The van der Waals surface area contributed by atoms with Crippen LogP contribution in [-0.4, -0.2) is 29.0 Å². The molecule has 0 saturated carbocycles. The summed E-state index contributed by atoms with van der Waals surface area (Å²) >= 11 is 0. The van der Waals surface area contributed by atoms with Gasteiger partial charge < -0.3 is 10.6 Å². The van der Waals surface area contributed by atoms with Gasteiger partial charge in [-0.25, -0.2) is 4.98 Å². The highest BCUT2D eigenvalue weighted by molar-refractivity contribution is 5.57. The largest absolute Gasteiger partial charge is 0.360 e. The molecule has 2 heterocycles. The normalized spacial score (nSPS) is 19.7. The summed E-state index contributed by atoms with van der Waals surface area (Å²) in [6.07, 6.45) is 2.60. The molecule has 2 rings (SSSR count). The summed E-state index contributed by atoms with van der Waals surface area (Å²) in [5.41, 5.74) is 0.841. The first-order chi connectivity index (χ1) is 7.66. The predicted octanol–water partition coefficient (Wildman–Crippen LogP) is 1.07. The molecule has 0 aromatic carbocycles. The molecular formula is C10H14N4O2. The summed E-state index contributed by atoms with van der Waals surface area (Å²) in [5.74, 6) is 0.365. The van der Waals surface area contributed by atoms with Crippen LogP contribution in [0.3, 0.4) is 0 Å². The molecule has 16 heavy (non-hydrogen) atoms. The van der Waals surface area contributed by atoms with E-state index in [1.54, 1.807) is 13.1 Å². The molecule has 6 nitrogen and oxygen atoms in total. The third kappa shape index (κ3) is 2.27. The lowest BCUT2D eigenvalue weighted by Gasteiger charge is -2.11. The average molecular weight is 222 g/mol. The van der Waals surface area contributed by atoms with E-state index in [0.717, 1.165) is 25.1 Å². The molecule has 1 aliphatic rings. The average Bonchev–Trinajstić information content (AvgIpc) is 2.73. The van der Waals surface area contributed by atoms with Crippen molar-refractivity contribution in [1.29, 1.82) is 0 Å². The molecule has 1 aromatic heterocycles. The summed E-state index contributed by atoms with van der Waals surface area (Å²) in [5, 5.41) is 17.2. The van der Waals surface area contributed by atoms with Crippen LogP contribution < -0.4 is 10.6 Å². The minimum absolute atomic E-state index is 0.0481. The van der Waals surface area contributed by atoms with E-state index >= 15 is 0 Å². The molecule has 1 atom stereocenters. The van der Waals surface area contributed by atoms with E-state index in [0.29, 0.717) is 5.82 Å². The number of pyridine rings is 1. The minimum Gasteiger partial charge on any atom is -0.360 e. The smallest absolute Gasteiger partial charge is 0.311 e. The summed E-state index contributed by atoms with van der Waals surface area (Å²) in [6.45, 7) is 3.56. The fraction of sp³-hybridized carbons (Fsp3) is 0.500. The third-order valence-corrected chi connectivity index (χ3v) is 2.60. The quantitative estimate of drug-likeness (QED) is 0.590. The Labute approximate surface area is 93.2 Å². The summed E-state index contributed by atoms with van der Waals surface area (Å²) in [6, 6.07) is 1.77. The van der Waals surface area contributed by atoms with Crippen molar-refractivity contribution in [2.75, 3.05) is 18.4 Å². The van der Waals surface area contributed by atoms with Gasteiger partial charge in [0.1, 0.15) is 0 Å². The summed E-state index contributed by atoms with van der Waals surface area (Å²) in [4.78, 5) is 14.5. The third-order valence-electron chi connectivity index (χ3n) is 2.60. The molecule has 0 aliphatic carbocycles. The molecule has 1 aliphatic heterocycles. The van der Waals surface area contributed by atoms with Crippen LogP contribution in [0.4, 0.5) is 11.5 Å². The topological polar surface area (TPSA) is 80.1 Å². The van der Waals surface area contributed by atoms with Crippen molar-refractivity contribution in [3.8, 4) is 0 Å². The lowest BCUT2D eigenvalue weighted by Crippen LogP contribution is -2.23. The number of hydrogen-bond donors (Lipinski definition) is 2. The molecule has 86 valence electrons. The lowest BCUT2D eigenvalue weighted by molar-refractivity contribution is -0.384. The highest BCUT2D eigenvalue weighted by Crippen LogP contribution is 2.23. The Morgan fingerprint density at radius 3 is 3.12 bits per heavy atom. The number of nitro groups is 1. The molecule has 1 fully saturated rings. The minimum atomic E-state index is -0.398. The van der Waals surface area contributed by atoms with Gasteiger partial charge in [-0.1, -0.05) is 0 Å². The standard InChI is InChI=1S/C10H14N4O2/c1-7-4-9(14(15)16)10(12-5-7)13-8-2-3-11-6-8/h4-5,8,11H,2-3,6H2,1H3,(H,12,13). The lowest BCUT2D eigenvalue weighted by atomic mass is 10.2. The Morgan fingerprint density at radius 2 is 2.50 bits per heavy atom. The van der Waals surface area contributed by atoms with Crippen LogP contribution in [0.1, 0.15) is 12.0 Å². The number of anilines is 1. The van der Waals surface area contributed by atoms with Crippen molar-refractivity contribution in [3.05, 3.63) is 27.9 Å². The zero-order valence-corrected chi connectivity index (χ0v) is 9.06. The number of rotatable bonds is 3. The summed E-state index contributed by atoms with van der Waals surface area (Å²) in [7, 11) is 0. The van der Waals surface area contributed by atoms with Gasteiger partial charge >= 0.3 is 5.69 Å². The van der Waals surface area contributed by atoms with Crippen LogP contribution in [0.5, 0.6) is 0 Å². The second-order valence-electron chi connectivity index (χ2n) is 3.97. The number of nitrogens with one attached hydrogen (secondary N) is 2. The Morgan fingerprint density at radius 1 is 1.69 bits per heavy atom. The van der Waals surface area contributed by atoms with E-state index < -0.39 is 4.92 Å². The van der Waals surface area contributed by atoms with E-state index in [4.69, 9.17) is 0 Å². The first-order valence-electron chi connectivity index (χ1n) is 5.25. The maximum absolute atomic E-state index is 10.9. The number of nitrogens with zero attached hydrogens (tertiary/aromatic N) is 2. The van der Waals surface area contributed by atoms with Crippen molar-refractivity contribution < 1.29 is 4.92 Å². The van der Waals surface area contributed by atoms with E-state index in [-0.39, 0.29) is 11.7 Å². The van der Waals surface area contributed by atoms with Gasteiger partial charge in [0, 0.05) is 24.8 Å². The summed E-state index contributed by atoms with van der Waals surface area (Å²) < 4.78 is 0. The van der Waals surface area contributed by atoms with Crippen LogP contribution in [0.15, 0.2) is 12.3 Å². The Kier molecular flexibility index (Phi) is 3.00. The van der Waals surface area contributed by atoms with E-state index in [9.17, 15) is 10.1 Å². The molecule has 1 aromatic rings. The monoisotopic (exact) mass is 222 g/mol. The molecule has 1 unspecified atom stereocenters. The number of hydrogen-bond acceptors (Lipinski definition) is 5. The van der Waals surface area contributed by atoms with Crippen LogP contribution >= 0.6 is 0 Å². The molecule has 0 amide bonds. The van der Waals surface area contributed by atoms with Crippen molar-refractivity contribution in [2.24, 2.45) is 0 Å². The SMILES string of the molecule is Cc1cnc(NC2CCNC2)c([N+](=O)[O-])c1. The van der Waals surface area contributed by atoms with Crippen molar-refractivity contribution in [2.45, 2.75) is 19.4 Å². The molecule has 2 N–H and O–H groups in total. The van der Waals surface area contributed by atoms with E-state index in [1.807, 2.05) is 0 Å². The molecule has 0 bridgehead atoms. The molecule has 0 radical (unpaired) electrons. The second kappa shape index (κ2) is 4.44. The Balaban J connectivity index is 2.21. The molecular weight excluding hydrogens is 208 g/mol. The van der Waals surface area contributed by atoms with Gasteiger partial charge in [0.2, 0.25) is 5.82 Å². The first kappa shape index (κ1) is 10.8. The van der Waals surface area contributed by atoms with Crippen molar-refractivity contribution in [3.63, 3.8) is 0 Å². The van der Waals surface area contributed by atoms with Gasteiger partial charge in [-0.05, 0) is 25.5 Å². The van der Waals surface area contributed by atoms with Gasteiger partial charge in [0.05, 0.1) is 4.92 Å². The maximum atomic E-state index is 10.9. The Bertz CT molecular complexity index is 402. The van der Waals surface area contributed by atoms with Crippen LogP contribution in [0, 0.1) is 17.0 Å². The number of aryl methyl sites for hydroxylation is 1. The van der Waals surface area contributed by atoms with E-state index in [1.165, 1.54) is 6.07 Å². The van der Waals surface area contributed by atoms with Gasteiger partial charge in [-0.15, -0.1) is 0 Å². The van der Waals surface area contributed by atoms with E-state index in [2.05, 4.69) is 15.6 Å². The number of aromatic nitrogens is 1. The van der Waals surface area contributed by atoms with Gasteiger partial charge in [-0.2, -0.15) is 0 Å². The van der Waals surface area contributed by atoms with Crippen LogP contribution in [0.2, 0.25) is 0 Å². The predicted molar refractivity (Wildman–Crippen MR) is 60.5 cm³/mol. The molecule has 6 heteroatoms. The zero-order chi connectivity index (χ0) is 11.5. The van der Waals surface area contributed by atoms with Gasteiger partial charge in [0.15, 0.2) is 0 Å². The maximum Gasteiger partial charge on any atom is 0.311 e. The fourth-order valence-electron chi connectivity index (χ4n) is 1.78. The Hall–Kier alpha value is -1.69. The van der Waals surface area contributed by atoms with Crippen LogP contribution in [0.25, 0.3) is 0 Å². The van der Waals surface area contributed by atoms with Crippen molar-refractivity contribution in [1.82, 2.24) is 10.3 Å². The highest BCUT2D eigenvalue weighted by Gasteiger charge is 2.20. The second-order valence-corrected chi connectivity index (χ2v) is 3.97. The van der Waals surface area contributed by atoms with Gasteiger partial charge in [-0.3, -0.25) is 10.1 Å². The van der Waals surface area contributed by atoms with Crippen LogP contribution in [-0.2, 0) is 0 Å². The first-order valence-corrected chi connectivity index (χ1v) is 5.25. The van der Waals surface area contributed by atoms with Crippen molar-refractivity contribution >= 4 is 11.5 Å².